The van der Waals surface area contributed by atoms with Crippen molar-refractivity contribution >= 4 is 5.97 Å². The Morgan fingerprint density at radius 1 is 1.42 bits per heavy atom. The molecule has 2 N–H and O–H groups in total. The van der Waals surface area contributed by atoms with Crippen LogP contribution in [-0.2, 0) is 14.3 Å². The average Bonchev–Trinajstić information content (AvgIpc) is 2.83. The summed E-state index contributed by atoms with van der Waals surface area (Å²) < 4.78 is 10.2. The minimum atomic E-state index is -0.774. The van der Waals surface area contributed by atoms with Gasteiger partial charge in [0.1, 0.15) is 5.54 Å². The predicted molar refractivity (Wildman–Crippen MR) is 72.7 cm³/mol. The molecular weight excluding hydrogens is 244 g/mol. The Hall–Kier alpha value is -0.650. The topological polar surface area (TPSA) is 64.8 Å². The van der Waals surface area contributed by atoms with Gasteiger partial charge in [-0.15, -0.1) is 0 Å². The molecule has 110 valence electrons. The van der Waals surface area contributed by atoms with E-state index in [2.05, 4.69) is 11.9 Å². The number of methoxy groups -OCH3 is 1. The zero-order chi connectivity index (χ0) is 13.9. The van der Waals surface area contributed by atoms with Crippen LogP contribution in [0, 0.1) is 5.92 Å². The minimum Gasteiger partial charge on any atom is -0.468 e. The van der Waals surface area contributed by atoms with Crippen LogP contribution in [0.25, 0.3) is 0 Å². The van der Waals surface area contributed by atoms with Gasteiger partial charge < -0.3 is 20.1 Å². The van der Waals surface area contributed by atoms with Gasteiger partial charge >= 0.3 is 5.97 Å². The molecule has 5 heteroatoms. The van der Waals surface area contributed by atoms with E-state index in [1.807, 2.05) is 0 Å². The first-order valence-electron chi connectivity index (χ1n) is 7.20. The number of hydrogen-bond donors (Lipinski definition) is 1. The summed E-state index contributed by atoms with van der Waals surface area (Å²) in [5, 5.41) is 0. The Morgan fingerprint density at radius 2 is 2.11 bits per heavy atom. The molecule has 1 aliphatic heterocycles. The second-order valence-corrected chi connectivity index (χ2v) is 6.04. The maximum atomic E-state index is 11.7. The van der Waals surface area contributed by atoms with Gasteiger partial charge in [0.05, 0.1) is 7.11 Å². The molecule has 0 aromatic carbocycles. The molecule has 2 unspecified atom stereocenters. The Labute approximate surface area is 115 Å². The zero-order valence-electron chi connectivity index (χ0n) is 12.1. The fourth-order valence-electron chi connectivity index (χ4n) is 3.30. The Kier molecular flexibility index (Phi) is 4.81. The van der Waals surface area contributed by atoms with E-state index in [9.17, 15) is 4.79 Å². The largest absolute Gasteiger partial charge is 0.468 e. The highest BCUT2D eigenvalue weighted by Gasteiger charge is 2.44. The van der Waals surface area contributed by atoms with Gasteiger partial charge in [-0.05, 0) is 45.1 Å². The van der Waals surface area contributed by atoms with Crippen molar-refractivity contribution in [3.05, 3.63) is 0 Å². The summed E-state index contributed by atoms with van der Waals surface area (Å²) in [5.74, 6) is 0.444. The fraction of sp³-hybridized carbons (Fsp3) is 0.929. The third kappa shape index (κ3) is 3.46. The highest BCUT2D eigenvalue weighted by molar-refractivity contribution is 5.81. The van der Waals surface area contributed by atoms with Crippen molar-refractivity contribution in [1.29, 1.82) is 0 Å². The summed E-state index contributed by atoms with van der Waals surface area (Å²) in [7, 11) is 3.55. The number of ether oxygens (including phenoxy) is 2. The van der Waals surface area contributed by atoms with Gasteiger partial charge in [-0.2, -0.15) is 0 Å². The molecule has 1 saturated carbocycles. The molecule has 2 rings (SSSR count). The zero-order valence-corrected chi connectivity index (χ0v) is 12.1. The highest BCUT2D eigenvalue weighted by atomic mass is 16.5. The van der Waals surface area contributed by atoms with Crippen molar-refractivity contribution in [3.63, 3.8) is 0 Å². The van der Waals surface area contributed by atoms with Gasteiger partial charge in [0.2, 0.25) is 0 Å². The standard InChI is InChI=1S/C14H26N2O3/c1-16(10-11-4-7-19-8-5-11)12-3-6-14(15,9-12)13(17)18-2/h11-12H,3-10,15H2,1-2H3. The number of rotatable bonds is 4. The first kappa shape index (κ1) is 14.8. The van der Waals surface area contributed by atoms with E-state index >= 15 is 0 Å². The number of carbonyl (C=O) groups excluding carboxylic acids is 1. The first-order chi connectivity index (χ1) is 9.05. The van der Waals surface area contributed by atoms with Gasteiger partial charge in [-0.1, -0.05) is 0 Å². The Morgan fingerprint density at radius 3 is 2.74 bits per heavy atom. The predicted octanol–water partition coefficient (Wildman–Crippen LogP) is 0.768. The lowest BCUT2D eigenvalue weighted by Gasteiger charge is -2.31. The third-order valence-electron chi connectivity index (χ3n) is 4.63. The van der Waals surface area contributed by atoms with Crippen LogP contribution in [0.5, 0.6) is 0 Å². The van der Waals surface area contributed by atoms with Gasteiger partial charge in [0.25, 0.3) is 0 Å². The van der Waals surface area contributed by atoms with Crippen LogP contribution >= 0.6 is 0 Å². The molecular formula is C14H26N2O3. The third-order valence-corrected chi connectivity index (χ3v) is 4.63. The second-order valence-electron chi connectivity index (χ2n) is 6.04. The van der Waals surface area contributed by atoms with Gasteiger partial charge in [-0.3, -0.25) is 4.79 Å². The monoisotopic (exact) mass is 270 g/mol. The Bertz CT molecular complexity index is 318. The smallest absolute Gasteiger partial charge is 0.325 e. The summed E-state index contributed by atoms with van der Waals surface area (Å²) >= 11 is 0. The molecule has 1 heterocycles. The minimum absolute atomic E-state index is 0.269. The fourth-order valence-corrected chi connectivity index (χ4v) is 3.30. The summed E-state index contributed by atoms with van der Waals surface area (Å²) in [6.45, 7) is 2.84. The van der Waals surface area contributed by atoms with E-state index in [0.29, 0.717) is 18.4 Å². The molecule has 0 aromatic heterocycles. The van der Waals surface area contributed by atoms with Gasteiger partial charge in [0.15, 0.2) is 0 Å². The van der Waals surface area contributed by atoms with E-state index in [0.717, 1.165) is 45.4 Å². The van der Waals surface area contributed by atoms with E-state index in [-0.39, 0.29) is 5.97 Å². The maximum Gasteiger partial charge on any atom is 0.325 e. The van der Waals surface area contributed by atoms with Crippen LogP contribution in [-0.4, -0.2) is 56.4 Å². The molecule has 0 aromatic rings. The molecule has 0 radical (unpaired) electrons. The number of nitrogens with zero attached hydrogens (tertiary/aromatic N) is 1. The molecule has 0 amide bonds. The number of esters is 1. The lowest BCUT2D eigenvalue weighted by Crippen LogP contribution is -2.48. The molecule has 1 aliphatic carbocycles. The Balaban J connectivity index is 1.84. The van der Waals surface area contributed by atoms with Crippen LogP contribution in [0.15, 0.2) is 0 Å². The van der Waals surface area contributed by atoms with Gasteiger partial charge in [-0.25, -0.2) is 0 Å². The van der Waals surface area contributed by atoms with E-state index in [4.69, 9.17) is 15.2 Å². The SMILES string of the molecule is COC(=O)C1(N)CCC(N(C)CC2CCOCC2)C1. The van der Waals surface area contributed by atoms with Crippen molar-refractivity contribution in [3.8, 4) is 0 Å². The van der Waals surface area contributed by atoms with E-state index < -0.39 is 5.54 Å². The molecule has 19 heavy (non-hydrogen) atoms. The number of hydrogen-bond acceptors (Lipinski definition) is 5. The summed E-state index contributed by atoms with van der Waals surface area (Å²) in [5.41, 5.74) is 5.38. The summed E-state index contributed by atoms with van der Waals surface area (Å²) in [6, 6.07) is 0.395. The quantitative estimate of drug-likeness (QED) is 0.764. The van der Waals surface area contributed by atoms with Crippen molar-refractivity contribution in [2.45, 2.75) is 43.7 Å². The number of nitrogens with two attached hydrogens (primary N) is 1. The van der Waals surface area contributed by atoms with Crippen LogP contribution in [0.1, 0.15) is 32.1 Å². The van der Waals surface area contributed by atoms with Crippen molar-refractivity contribution < 1.29 is 14.3 Å². The average molecular weight is 270 g/mol. The second kappa shape index (κ2) is 6.20. The van der Waals surface area contributed by atoms with Crippen LogP contribution in [0.2, 0.25) is 0 Å². The van der Waals surface area contributed by atoms with Gasteiger partial charge in [0, 0.05) is 25.8 Å². The molecule has 5 nitrogen and oxygen atoms in total. The van der Waals surface area contributed by atoms with E-state index in [1.54, 1.807) is 0 Å². The molecule has 0 spiro atoms. The lowest BCUT2D eigenvalue weighted by atomic mass is 9.97. The first-order valence-corrected chi connectivity index (χ1v) is 7.20. The van der Waals surface area contributed by atoms with Crippen LogP contribution in [0.4, 0.5) is 0 Å². The van der Waals surface area contributed by atoms with Crippen molar-refractivity contribution in [2.75, 3.05) is 33.9 Å². The number of carbonyl (C=O) groups is 1. The van der Waals surface area contributed by atoms with Crippen molar-refractivity contribution in [2.24, 2.45) is 11.7 Å². The normalized spacial score (nSPS) is 32.7. The molecule has 2 atom stereocenters. The highest BCUT2D eigenvalue weighted by Crippen LogP contribution is 2.32. The summed E-state index contributed by atoms with van der Waals surface area (Å²) in [4.78, 5) is 14.1. The van der Waals surface area contributed by atoms with Crippen molar-refractivity contribution in [1.82, 2.24) is 4.90 Å². The van der Waals surface area contributed by atoms with E-state index in [1.165, 1.54) is 7.11 Å². The molecule has 1 saturated heterocycles. The molecule has 0 bridgehead atoms. The maximum absolute atomic E-state index is 11.7. The lowest BCUT2D eigenvalue weighted by molar-refractivity contribution is -0.146. The molecule has 2 fully saturated rings. The van der Waals surface area contributed by atoms with Crippen LogP contribution in [0.3, 0.4) is 0 Å². The van der Waals surface area contributed by atoms with Crippen LogP contribution < -0.4 is 5.73 Å². The molecule has 2 aliphatic rings. The summed E-state index contributed by atoms with van der Waals surface area (Å²) in [6.07, 6.45) is 4.69.